The first-order chi connectivity index (χ1) is 11.2. The molecule has 2 atom stereocenters. The van der Waals surface area contributed by atoms with Crippen molar-refractivity contribution in [2.45, 2.75) is 19.9 Å². The number of anilines is 1. The highest BCUT2D eigenvalue weighted by molar-refractivity contribution is 5.35. The maximum Gasteiger partial charge on any atom is 0.124 e. The van der Waals surface area contributed by atoms with Gasteiger partial charge in [-0.3, -0.25) is 0 Å². The maximum atomic E-state index is 9.63. The lowest BCUT2D eigenvalue weighted by Gasteiger charge is -2.26. The quantitative estimate of drug-likeness (QED) is 0.727. The summed E-state index contributed by atoms with van der Waals surface area (Å²) in [5.41, 5.74) is 2.57. The molecule has 0 saturated carbocycles. The number of nitrogens with zero attached hydrogens (tertiary/aromatic N) is 2. The zero-order chi connectivity index (χ0) is 16.1. The van der Waals surface area contributed by atoms with Crippen LogP contribution in [-0.4, -0.2) is 41.1 Å². The zero-order valence-electron chi connectivity index (χ0n) is 13.7. The van der Waals surface area contributed by atoms with Gasteiger partial charge in [0, 0.05) is 44.8 Å². The third-order valence-electron chi connectivity index (χ3n) is 4.45. The summed E-state index contributed by atoms with van der Waals surface area (Å²) in [6.07, 6.45) is 2.75. The van der Waals surface area contributed by atoms with Crippen molar-refractivity contribution < 1.29 is 5.11 Å². The van der Waals surface area contributed by atoms with Crippen molar-refractivity contribution >= 4 is 5.82 Å². The molecule has 0 bridgehead atoms. The highest BCUT2D eigenvalue weighted by Gasteiger charge is 2.18. The second-order valence-electron chi connectivity index (χ2n) is 6.55. The minimum atomic E-state index is 0.215. The number of nitrogens with one attached hydrogen (secondary N) is 2. The molecule has 124 valence electrons. The molecule has 2 unspecified atom stereocenters. The predicted molar refractivity (Wildman–Crippen MR) is 92.5 cm³/mol. The highest BCUT2D eigenvalue weighted by Crippen LogP contribution is 2.16. The standard InChI is InChI=1S/C18H26N4O/c1-14-3-2-4-15(7-14)8-16(13-23)9-19-10-17-11-20-18-5-6-21-22(18)12-17/h2-7,16-17,19-20,23H,8-13H2,1H3. The van der Waals surface area contributed by atoms with Crippen LogP contribution >= 0.6 is 0 Å². The van der Waals surface area contributed by atoms with Crippen LogP contribution in [0.1, 0.15) is 11.1 Å². The molecule has 5 heteroatoms. The first-order valence-corrected chi connectivity index (χ1v) is 8.37. The Bertz CT molecular complexity index is 625. The molecule has 3 rings (SSSR count). The Morgan fingerprint density at radius 3 is 3.17 bits per heavy atom. The number of hydrogen-bond donors (Lipinski definition) is 3. The molecule has 23 heavy (non-hydrogen) atoms. The molecule has 0 fully saturated rings. The second-order valence-corrected chi connectivity index (χ2v) is 6.55. The number of aliphatic hydroxyl groups is 1. The van der Waals surface area contributed by atoms with Crippen LogP contribution in [0.15, 0.2) is 36.5 Å². The van der Waals surface area contributed by atoms with Gasteiger partial charge in [-0.05, 0) is 24.8 Å². The van der Waals surface area contributed by atoms with E-state index in [1.54, 1.807) is 0 Å². The molecule has 1 aliphatic rings. The molecule has 5 nitrogen and oxygen atoms in total. The van der Waals surface area contributed by atoms with E-state index in [-0.39, 0.29) is 12.5 Å². The van der Waals surface area contributed by atoms with Gasteiger partial charge in [0.1, 0.15) is 5.82 Å². The second kappa shape index (κ2) is 7.62. The van der Waals surface area contributed by atoms with Gasteiger partial charge in [-0.15, -0.1) is 0 Å². The van der Waals surface area contributed by atoms with Crippen molar-refractivity contribution in [1.29, 1.82) is 0 Å². The van der Waals surface area contributed by atoms with E-state index in [4.69, 9.17) is 0 Å². The summed E-state index contributed by atoms with van der Waals surface area (Å²) in [5, 5.41) is 20.9. The fourth-order valence-corrected chi connectivity index (χ4v) is 3.19. The summed E-state index contributed by atoms with van der Waals surface area (Å²) < 4.78 is 2.02. The van der Waals surface area contributed by atoms with Crippen LogP contribution in [0, 0.1) is 18.8 Å². The molecule has 0 saturated heterocycles. The van der Waals surface area contributed by atoms with E-state index in [1.165, 1.54) is 11.1 Å². The Hall–Kier alpha value is -1.85. The lowest BCUT2D eigenvalue weighted by Crippen LogP contribution is -2.37. The Labute approximate surface area is 137 Å². The number of aryl methyl sites for hydroxylation is 1. The minimum absolute atomic E-state index is 0.215. The van der Waals surface area contributed by atoms with E-state index >= 15 is 0 Å². The Morgan fingerprint density at radius 1 is 1.43 bits per heavy atom. The van der Waals surface area contributed by atoms with Gasteiger partial charge in [0.2, 0.25) is 0 Å². The summed E-state index contributed by atoms with van der Waals surface area (Å²) in [6, 6.07) is 10.5. The minimum Gasteiger partial charge on any atom is -0.396 e. The lowest BCUT2D eigenvalue weighted by atomic mass is 9.98. The summed E-state index contributed by atoms with van der Waals surface area (Å²) in [4.78, 5) is 0. The van der Waals surface area contributed by atoms with Gasteiger partial charge in [0.05, 0.1) is 6.20 Å². The van der Waals surface area contributed by atoms with Crippen molar-refractivity contribution in [3.63, 3.8) is 0 Å². The molecule has 0 spiro atoms. The van der Waals surface area contributed by atoms with Gasteiger partial charge >= 0.3 is 0 Å². The average molecular weight is 314 g/mol. The van der Waals surface area contributed by atoms with E-state index in [9.17, 15) is 5.11 Å². The third kappa shape index (κ3) is 4.33. The number of aromatic nitrogens is 2. The number of aliphatic hydroxyl groups excluding tert-OH is 1. The molecule has 0 amide bonds. The molecule has 2 heterocycles. The van der Waals surface area contributed by atoms with Crippen LogP contribution in [0.25, 0.3) is 0 Å². The van der Waals surface area contributed by atoms with Crippen LogP contribution in [0.3, 0.4) is 0 Å². The fourth-order valence-electron chi connectivity index (χ4n) is 3.19. The van der Waals surface area contributed by atoms with Crippen LogP contribution < -0.4 is 10.6 Å². The summed E-state index contributed by atoms with van der Waals surface area (Å²) in [6.45, 7) is 6.02. The van der Waals surface area contributed by atoms with E-state index in [1.807, 2.05) is 16.9 Å². The van der Waals surface area contributed by atoms with Crippen LogP contribution in [0.4, 0.5) is 5.82 Å². The van der Waals surface area contributed by atoms with Gasteiger partial charge in [0.25, 0.3) is 0 Å². The average Bonchev–Trinajstić information content (AvgIpc) is 3.01. The van der Waals surface area contributed by atoms with Crippen molar-refractivity contribution in [3.8, 4) is 0 Å². The van der Waals surface area contributed by atoms with Gasteiger partial charge in [0.15, 0.2) is 0 Å². The summed E-state index contributed by atoms with van der Waals surface area (Å²) >= 11 is 0. The maximum absolute atomic E-state index is 9.63. The van der Waals surface area contributed by atoms with Gasteiger partial charge in [-0.1, -0.05) is 29.8 Å². The fraction of sp³-hybridized carbons (Fsp3) is 0.500. The van der Waals surface area contributed by atoms with Crippen molar-refractivity contribution in [2.24, 2.45) is 11.8 Å². The first kappa shape index (κ1) is 16.0. The largest absolute Gasteiger partial charge is 0.396 e. The van der Waals surface area contributed by atoms with Crippen molar-refractivity contribution in [3.05, 3.63) is 47.7 Å². The monoisotopic (exact) mass is 314 g/mol. The van der Waals surface area contributed by atoms with E-state index in [0.717, 1.165) is 38.4 Å². The van der Waals surface area contributed by atoms with E-state index in [0.29, 0.717) is 5.92 Å². The SMILES string of the molecule is Cc1cccc(CC(CO)CNCC2CNc3ccnn3C2)c1. The van der Waals surface area contributed by atoms with Crippen molar-refractivity contribution in [2.75, 3.05) is 31.6 Å². The molecular weight excluding hydrogens is 288 g/mol. The number of benzene rings is 1. The molecule has 1 aromatic heterocycles. The molecule has 0 radical (unpaired) electrons. The Kier molecular flexibility index (Phi) is 5.31. The van der Waals surface area contributed by atoms with Gasteiger partial charge in [-0.25, -0.2) is 4.68 Å². The molecular formula is C18H26N4O. The zero-order valence-corrected chi connectivity index (χ0v) is 13.7. The van der Waals surface area contributed by atoms with E-state index in [2.05, 4.69) is 46.9 Å². The topological polar surface area (TPSA) is 62.1 Å². The summed E-state index contributed by atoms with van der Waals surface area (Å²) in [5.74, 6) is 1.89. The molecule has 1 aromatic carbocycles. The molecule has 3 N–H and O–H groups in total. The summed E-state index contributed by atoms with van der Waals surface area (Å²) in [7, 11) is 0. The van der Waals surface area contributed by atoms with Gasteiger partial charge in [-0.2, -0.15) is 5.10 Å². The van der Waals surface area contributed by atoms with Crippen LogP contribution in [0.5, 0.6) is 0 Å². The Balaban J connectivity index is 1.44. The van der Waals surface area contributed by atoms with Gasteiger partial charge < -0.3 is 15.7 Å². The number of hydrogen-bond acceptors (Lipinski definition) is 4. The molecule has 2 aromatic rings. The number of fused-ring (bicyclic) bond motifs is 1. The molecule has 0 aliphatic carbocycles. The van der Waals surface area contributed by atoms with Crippen LogP contribution in [0.2, 0.25) is 0 Å². The van der Waals surface area contributed by atoms with E-state index < -0.39 is 0 Å². The third-order valence-corrected chi connectivity index (χ3v) is 4.45. The first-order valence-electron chi connectivity index (χ1n) is 8.37. The number of rotatable bonds is 7. The highest BCUT2D eigenvalue weighted by atomic mass is 16.3. The van der Waals surface area contributed by atoms with Crippen LogP contribution in [-0.2, 0) is 13.0 Å². The Morgan fingerprint density at radius 2 is 2.35 bits per heavy atom. The normalized spacial score (nSPS) is 18.3. The smallest absolute Gasteiger partial charge is 0.124 e. The molecule has 1 aliphatic heterocycles. The van der Waals surface area contributed by atoms with Crippen molar-refractivity contribution in [1.82, 2.24) is 15.1 Å². The predicted octanol–water partition coefficient (Wildman–Crippen LogP) is 1.67. The lowest BCUT2D eigenvalue weighted by molar-refractivity contribution is 0.219.